The predicted octanol–water partition coefficient (Wildman–Crippen LogP) is 2.22. The molecule has 0 aliphatic rings. The minimum Gasteiger partial charge on any atom is -0.504 e. The zero-order valence-electron chi connectivity index (χ0n) is 13.8. The average molecular weight is 338 g/mol. The quantitative estimate of drug-likeness (QED) is 0.743. The molecule has 0 atom stereocenters. The first-order valence-electron chi connectivity index (χ1n) is 7.95. The first-order valence-corrected chi connectivity index (χ1v) is 7.95. The van der Waals surface area contributed by atoms with E-state index in [0.29, 0.717) is 23.9 Å². The van der Waals surface area contributed by atoms with E-state index in [4.69, 9.17) is 0 Å². The van der Waals surface area contributed by atoms with Crippen molar-refractivity contribution in [3.8, 4) is 5.75 Å². The standard InChI is InChI=1S/C18H18N4O3/c1-12-5-2-6-13-16(12)20-11-22(18(13)25)10-4-8-15(24)21-17-14(23)7-3-9-19-17/h2-3,5-7,9,11,23H,4,8,10H2,1H3,(H,19,21,24). The summed E-state index contributed by atoms with van der Waals surface area (Å²) in [5.74, 6) is -0.222. The number of hydrogen-bond donors (Lipinski definition) is 2. The second-order valence-corrected chi connectivity index (χ2v) is 5.74. The summed E-state index contributed by atoms with van der Waals surface area (Å²) in [5.41, 5.74) is 1.54. The van der Waals surface area contributed by atoms with E-state index < -0.39 is 0 Å². The number of para-hydroxylation sites is 1. The maximum atomic E-state index is 12.5. The molecule has 3 aromatic rings. The Balaban J connectivity index is 1.63. The van der Waals surface area contributed by atoms with Crippen molar-refractivity contribution in [3.63, 3.8) is 0 Å². The van der Waals surface area contributed by atoms with Gasteiger partial charge >= 0.3 is 0 Å². The summed E-state index contributed by atoms with van der Waals surface area (Å²) in [6.45, 7) is 2.30. The Kier molecular flexibility index (Phi) is 4.74. The normalized spacial score (nSPS) is 10.8. The number of rotatable bonds is 5. The molecule has 0 aliphatic carbocycles. The summed E-state index contributed by atoms with van der Waals surface area (Å²) < 4.78 is 1.51. The summed E-state index contributed by atoms with van der Waals surface area (Å²) >= 11 is 0. The lowest BCUT2D eigenvalue weighted by Crippen LogP contribution is -2.22. The van der Waals surface area contributed by atoms with Crippen molar-refractivity contribution in [3.05, 3.63) is 58.8 Å². The molecular formula is C18H18N4O3. The second-order valence-electron chi connectivity index (χ2n) is 5.74. The Labute approximate surface area is 144 Å². The Morgan fingerprint density at radius 1 is 1.24 bits per heavy atom. The van der Waals surface area contributed by atoms with Gasteiger partial charge in [-0.05, 0) is 37.1 Å². The lowest BCUT2D eigenvalue weighted by Gasteiger charge is -2.08. The number of anilines is 1. The van der Waals surface area contributed by atoms with Gasteiger partial charge in [-0.1, -0.05) is 12.1 Å². The molecule has 25 heavy (non-hydrogen) atoms. The van der Waals surface area contributed by atoms with Crippen molar-refractivity contribution in [2.45, 2.75) is 26.3 Å². The van der Waals surface area contributed by atoms with Gasteiger partial charge in [-0.15, -0.1) is 0 Å². The van der Waals surface area contributed by atoms with Crippen LogP contribution in [0.25, 0.3) is 10.9 Å². The SMILES string of the molecule is Cc1cccc2c(=O)n(CCCC(=O)Nc3ncccc3O)cnc12. The molecule has 1 amide bonds. The van der Waals surface area contributed by atoms with Gasteiger partial charge in [0.2, 0.25) is 5.91 Å². The maximum Gasteiger partial charge on any atom is 0.261 e. The monoisotopic (exact) mass is 338 g/mol. The van der Waals surface area contributed by atoms with E-state index in [2.05, 4.69) is 15.3 Å². The van der Waals surface area contributed by atoms with Gasteiger partial charge in [0.05, 0.1) is 17.2 Å². The fourth-order valence-corrected chi connectivity index (χ4v) is 2.59. The Bertz CT molecular complexity index is 981. The van der Waals surface area contributed by atoms with Crippen LogP contribution < -0.4 is 10.9 Å². The van der Waals surface area contributed by atoms with E-state index >= 15 is 0 Å². The van der Waals surface area contributed by atoms with Crippen LogP contribution in [0.5, 0.6) is 5.75 Å². The Morgan fingerprint density at radius 3 is 2.88 bits per heavy atom. The largest absolute Gasteiger partial charge is 0.504 e. The fourth-order valence-electron chi connectivity index (χ4n) is 2.59. The molecule has 0 saturated carbocycles. The highest BCUT2D eigenvalue weighted by Gasteiger charge is 2.09. The van der Waals surface area contributed by atoms with Gasteiger partial charge in [0.1, 0.15) is 0 Å². The molecule has 128 valence electrons. The molecule has 0 aliphatic heterocycles. The lowest BCUT2D eigenvalue weighted by molar-refractivity contribution is -0.116. The fraction of sp³-hybridized carbons (Fsp3) is 0.222. The predicted molar refractivity (Wildman–Crippen MR) is 94.5 cm³/mol. The maximum absolute atomic E-state index is 12.5. The van der Waals surface area contributed by atoms with E-state index in [1.165, 1.54) is 23.2 Å². The molecule has 0 fully saturated rings. The molecule has 2 heterocycles. The van der Waals surface area contributed by atoms with Crippen LogP contribution in [0.4, 0.5) is 5.82 Å². The van der Waals surface area contributed by atoms with Crippen LogP contribution in [-0.4, -0.2) is 25.5 Å². The van der Waals surface area contributed by atoms with Gasteiger partial charge in [0.15, 0.2) is 11.6 Å². The second kappa shape index (κ2) is 7.12. The molecule has 0 saturated heterocycles. The molecule has 1 aromatic carbocycles. The van der Waals surface area contributed by atoms with Gasteiger partial charge in [0, 0.05) is 19.2 Å². The summed E-state index contributed by atoms with van der Waals surface area (Å²) in [7, 11) is 0. The van der Waals surface area contributed by atoms with Crippen molar-refractivity contribution in [1.29, 1.82) is 0 Å². The lowest BCUT2D eigenvalue weighted by atomic mass is 10.1. The molecule has 3 rings (SSSR count). The Hall–Kier alpha value is -3.22. The summed E-state index contributed by atoms with van der Waals surface area (Å²) in [5, 5.41) is 12.7. The third kappa shape index (κ3) is 3.65. The molecule has 0 bridgehead atoms. The highest BCUT2D eigenvalue weighted by Crippen LogP contribution is 2.18. The van der Waals surface area contributed by atoms with Crippen molar-refractivity contribution in [2.75, 3.05) is 5.32 Å². The molecule has 7 heteroatoms. The van der Waals surface area contributed by atoms with Crippen molar-refractivity contribution in [2.24, 2.45) is 0 Å². The molecule has 2 N–H and O–H groups in total. The van der Waals surface area contributed by atoms with Gasteiger partial charge in [0.25, 0.3) is 5.56 Å². The van der Waals surface area contributed by atoms with Gasteiger partial charge in [-0.25, -0.2) is 9.97 Å². The van der Waals surface area contributed by atoms with Gasteiger partial charge in [-0.2, -0.15) is 0 Å². The van der Waals surface area contributed by atoms with Crippen LogP contribution in [0.3, 0.4) is 0 Å². The van der Waals surface area contributed by atoms with E-state index in [1.54, 1.807) is 12.1 Å². The number of carbonyl (C=O) groups excluding carboxylic acids is 1. The van der Waals surface area contributed by atoms with Crippen LogP contribution in [0.1, 0.15) is 18.4 Å². The smallest absolute Gasteiger partial charge is 0.261 e. The van der Waals surface area contributed by atoms with Crippen LogP contribution in [0.2, 0.25) is 0 Å². The molecule has 0 radical (unpaired) electrons. The van der Waals surface area contributed by atoms with E-state index in [-0.39, 0.29) is 29.5 Å². The highest BCUT2D eigenvalue weighted by molar-refractivity contribution is 5.90. The summed E-state index contributed by atoms with van der Waals surface area (Å²) in [6, 6.07) is 8.52. The van der Waals surface area contributed by atoms with Crippen molar-refractivity contribution >= 4 is 22.6 Å². The number of nitrogens with one attached hydrogen (secondary N) is 1. The van der Waals surface area contributed by atoms with E-state index in [0.717, 1.165) is 5.56 Å². The van der Waals surface area contributed by atoms with Gasteiger partial charge < -0.3 is 10.4 Å². The number of hydrogen-bond acceptors (Lipinski definition) is 5. The van der Waals surface area contributed by atoms with Crippen molar-refractivity contribution < 1.29 is 9.90 Å². The third-order valence-corrected chi connectivity index (χ3v) is 3.90. The van der Waals surface area contributed by atoms with Gasteiger partial charge in [-0.3, -0.25) is 14.2 Å². The third-order valence-electron chi connectivity index (χ3n) is 3.90. The number of benzene rings is 1. The van der Waals surface area contributed by atoms with Crippen molar-refractivity contribution in [1.82, 2.24) is 14.5 Å². The molecule has 2 aromatic heterocycles. The number of aromatic nitrogens is 3. The number of aryl methyl sites for hydroxylation is 2. The minimum absolute atomic E-state index is 0.0823. The topological polar surface area (TPSA) is 97.1 Å². The summed E-state index contributed by atoms with van der Waals surface area (Å²) in [4.78, 5) is 32.6. The minimum atomic E-state index is -0.272. The number of fused-ring (bicyclic) bond motifs is 1. The first-order chi connectivity index (χ1) is 12.1. The zero-order chi connectivity index (χ0) is 17.8. The summed E-state index contributed by atoms with van der Waals surface area (Å²) in [6.07, 6.45) is 3.67. The number of pyridine rings is 1. The first kappa shape index (κ1) is 16.6. The van der Waals surface area contributed by atoms with Crippen LogP contribution in [0, 0.1) is 6.92 Å². The molecule has 0 unspecified atom stereocenters. The number of nitrogens with zero attached hydrogens (tertiary/aromatic N) is 3. The van der Waals surface area contributed by atoms with Crippen LogP contribution >= 0.6 is 0 Å². The Morgan fingerprint density at radius 2 is 2.08 bits per heavy atom. The van der Waals surface area contributed by atoms with Crippen LogP contribution in [0.15, 0.2) is 47.7 Å². The molecular weight excluding hydrogens is 320 g/mol. The van der Waals surface area contributed by atoms with E-state index in [1.807, 2.05) is 19.1 Å². The van der Waals surface area contributed by atoms with E-state index in [9.17, 15) is 14.7 Å². The van der Waals surface area contributed by atoms with Crippen LogP contribution in [-0.2, 0) is 11.3 Å². The average Bonchev–Trinajstić information content (AvgIpc) is 2.60. The zero-order valence-corrected chi connectivity index (χ0v) is 13.8. The highest BCUT2D eigenvalue weighted by atomic mass is 16.3. The number of amides is 1. The number of carbonyl (C=O) groups is 1. The molecule has 7 nitrogen and oxygen atoms in total. The molecule has 0 spiro atoms. The number of aromatic hydroxyl groups is 1.